The first-order valence-corrected chi connectivity index (χ1v) is 9.81. The first-order chi connectivity index (χ1) is 12.8. The summed E-state index contributed by atoms with van der Waals surface area (Å²) in [5, 5.41) is 0. The molecule has 2 aromatic carbocycles. The number of hydrogen-bond donors (Lipinski definition) is 0. The Balaban J connectivity index is 1.49. The molecule has 1 saturated heterocycles. The smallest absolute Gasteiger partial charge is 0.225 e. The summed E-state index contributed by atoms with van der Waals surface area (Å²) in [6, 6.07) is 21.3. The van der Waals surface area contributed by atoms with E-state index >= 15 is 0 Å². The number of ether oxygens (including phenoxy) is 1. The van der Waals surface area contributed by atoms with Crippen LogP contribution in [0.4, 0.5) is 0 Å². The lowest BCUT2D eigenvalue weighted by Gasteiger charge is -2.38. The van der Waals surface area contributed by atoms with Crippen molar-refractivity contribution in [2.24, 2.45) is 5.92 Å². The lowest BCUT2D eigenvalue weighted by atomic mass is 9.83. The number of benzene rings is 2. The number of hydrogen-bond acceptors (Lipinski definition) is 2. The average molecular weight is 349 g/mol. The van der Waals surface area contributed by atoms with Crippen molar-refractivity contribution in [2.45, 2.75) is 37.7 Å². The Bertz CT molecular complexity index is 672. The van der Waals surface area contributed by atoms with Gasteiger partial charge < -0.3 is 9.64 Å². The van der Waals surface area contributed by atoms with E-state index in [2.05, 4.69) is 60.7 Å². The monoisotopic (exact) mass is 349 g/mol. The van der Waals surface area contributed by atoms with Gasteiger partial charge in [0.1, 0.15) is 0 Å². The first-order valence-electron chi connectivity index (χ1n) is 9.81. The quantitative estimate of drug-likeness (QED) is 0.808. The Morgan fingerprint density at radius 1 is 1.00 bits per heavy atom. The summed E-state index contributed by atoms with van der Waals surface area (Å²) in [5.74, 6) is 0.912. The van der Waals surface area contributed by atoms with E-state index in [0.717, 1.165) is 32.4 Å². The highest BCUT2D eigenvalue weighted by Crippen LogP contribution is 2.32. The summed E-state index contributed by atoms with van der Waals surface area (Å²) >= 11 is 0. The van der Waals surface area contributed by atoms with Gasteiger partial charge in [-0.2, -0.15) is 0 Å². The molecule has 0 radical (unpaired) electrons. The predicted molar refractivity (Wildman–Crippen MR) is 103 cm³/mol. The van der Waals surface area contributed by atoms with Crippen LogP contribution < -0.4 is 0 Å². The number of rotatable bonds is 5. The van der Waals surface area contributed by atoms with Crippen molar-refractivity contribution in [3.8, 4) is 0 Å². The van der Waals surface area contributed by atoms with Crippen molar-refractivity contribution in [1.82, 2.24) is 4.90 Å². The zero-order chi connectivity index (χ0) is 17.8. The maximum Gasteiger partial charge on any atom is 0.225 e. The fourth-order valence-corrected chi connectivity index (χ4v) is 4.07. The first kappa shape index (κ1) is 17.3. The second kappa shape index (κ2) is 8.05. The number of carbonyl (C=O) groups excluding carboxylic acids is 1. The molecule has 0 aromatic heterocycles. The van der Waals surface area contributed by atoms with Crippen LogP contribution in [-0.2, 0) is 9.53 Å². The van der Waals surface area contributed by atoms with Crippen molar-refractivity contribution in [2.75, 3.05) is 19.7 Å². The minimum Gasteiger partial charge on any atom is -0.375 e. The van der Waals surface area contributed by atoms with E-state index in [4.69, 9.17) is 4.74 Å². The fraction of sp³-hybridized carbons (Fsp3) is 0.435. The molecule has 2 aliphatic rings. The molecule has 1 amide bonds. The molecule has 1 saturated carbocycles. The standard InChI is InChI=1S/C23H27NO2/c25-23(20-12-7-13-20)24-14-15-26-21(17-24)16-22(18-8-3-1-4-9-18)19-10-5-2-6-11-19/h1-6,8-11,20-22H,7,12-17H2/t21-/m1/s1. The summed E-state index contributed by atoms with van der Waals surface area (Å²) in [4.78, 5) is 14.7. The van der Waals surface area contributed by atoms with Gasteiger partial charge in [-0.3, -0.25) is 4.79 Å². The van der Waals surface area contributed by atoms with Crippen LogP contribution in [0.3, 0.4) is 0 Å². The summed E-state index contributed by atoms with van der Waals surface area (Å²) < 4.78 is 6.07. The number of carbonyl (C=O) groups is 1. The van der Waals surface area contributed by atoms with Crippen molar-refractivity contribution in [3.05, 3.63) is 71.8 Å². The van der Waals surface area contributed by atoms with Crippen LogP contribution in [0.5, 0.6) is 0 Å². The third-order valence-electron chi connectivity index (χ3n) is 5.81. The third kappa shape index (κ3) is 3.83. The number of nitrogens with zero attached hydrogens (tertiary/aromatic N) is 1. The molecule has 1 atom stereocenters. The molecule has 4 rings (SSSR count). The van der Waals surface area contributed by atoms with Gasteiger partial charge in [0.05, 0.1) is 12.7 Å². The molecule has 26 heavy (non-hydrogen) atoms. The molecule has 0 unspecified atom stereocenters. The van der Waals surface area contributed by atoms with Crippen LogP contribution in [0.1, 0.15) is 42.7 Å². The van der Waals surface area contributed by atoms with Gasteiger partial charge >= 0.3 is 0 Å². The van der Waals surface area contributed by atoms with Crippen LogP contribution in [0.15, 0.2) is 60.7 Å². The fourth-order valence-electron chi connectivity index (χ4n) is 4.07. The van der Waals surface area contributed by atoms with Crippen LogP contribution in [-0.4, -0.2) is 36.6 Å². The maximum atomic E-state index is 12.6. The average Bonchev–Trinajstić information content (AvgIpc) is 2.66. The normalized spacial score (nSPS) is 20.8. The second-order valence-electron chi connectivity index (χ2n) is 7.51. The molecule has 2 aromatic rings. The van der Waals surface area contributed by atoms with E-state index in [-0.39, 0.29) is 12.0 Å². The number of amides is 1. The molecule has 3 nitrogen and oxygen atoms in total. The van der Waals surface area contributed by atoms with Gasteiger partial charge in [-0.25, -0.2) is 0 Å². The van der Waals surface area contributed by atoms with Crippen molar-refractivity contribution in [1.29, 1.82) is 0 Å². The van der Waals surface area contributed by atoms with Gasteiger partial charge in [-0.1, -0.05) is 67.1 Å². The molecule has 3 heteroatoms. The summed E-state index contributed by atoms with van der Waals surface area (Å²) in [7, 11) is 0. The van der Waals surface area contributed by atoms with E-state index in [9.17, 15) is 4.79 Å². The Labute approximate surface area is 156 Å². The lowest BCUT2D eigenvalue weighted by molar-refractivity contribution is -0.146. The highest BCUT2D eigenvalue weighted by atomic mass is 16.5. The maximum absolute atomic E-state index is 12.6. The van der Waals surface area contributed by atoms with Gasteiger partial charge in [0.15, 0.2) is 0 Å². The summed E-state index contributed by atoms with van der Waals surface area (Å²) in [6.07, 6.45) is 4.34. The Kier molecular flexibility index (Phi) is 5.35. The zero-order valence-corrected chi connectivity index (χ0v) is 15.2. The Morgan fingerprint density at radius 3 is 2.15 bits per heavy atom. The van der Waals surface area contributed by atoms with Crippen molar-refractivity contribution < 1.29 is 9.53 Å². The van der Waals surface area contributed by atoms with Crippen LogP contribution >= 0.6 is 0 Å². The highest BCUT2D eigenvalue weighted by molar-refractivity contribution is 5.79. The largest absolute Gasteiger partial charge is 0.375 e. The minimum absolute atomic E-state index is 0.0955. The van der Waals surface area contributed by atoms with Crippen molar-refractivity contribution >= 4 is 5.91 Å². The highest BCUT2D eigenvalue weighted by Gasteiger charge is 2.33. The van der Waals surface area contributed by atoms with E-state index in [1.54, 1.807) is 0 Å². The van der Waals surface area contributed by atoms with Crippen molar-refractivity contribution in [3.63, 3.8) is 0 Å². The molecule has 1 aliphatic heterocycles. The lowest BCUT2D eigenvalue weighted by Crippen LogP contribution is -2.49. The van der Waals surface area contributed by atoms with Crippen LogP contribution in [0.2, 0.25) is 0 Å². The predicted octanol–water partition coefficient (Wildman–Crippen LogP) is 4.24. The van der Waals surface area contributed by atoms with E-state index in [1.807, 2.05) is 4.90 Å². The van der Waals surface area contributed by atoms with Crippen LogP contribution in [0, 0.1) is 5.92 Å². The second-order valence-corrected chi connectivity index (χ2v) is 7.51. The molecule has 0 spiro atoms. The van der Waals surface area contributed by atoms with E-state index in [1.165, 1.54) is 17.5 Å². The SMILES string of the molecule is O=C(C1CCC1)N1CCO[C@H](CC(c2ccccc2)c2ccccc2)C1. The molecule has 136 valence electrons. The molecular weight excluding hydrogens is 322 g/mol. The topological polar surface area (TPSA) is 29.5 Å². The molecule has 0 bridgehead atoms. The van der Waals surface area contributed by atoms with Gasteiger partial charge in [0, 0.05) is 24.9 Å². The van der Waals surface area contributed by atoms with Gasteiger partial charge in [-0.05, 0) is 30.4 Å². The Hall–Kier alpha value is -2.13. The molecular formula is C23H27NO2. The van der Waals surface area contributed by atoms with E-state index < -0.39 is 0 Å². The Morgan fingerprint density at radius 2 is 1.62 bits per heavy atom. The molecule has 0 N–H and O–H groups in total. The van der Waals surface area contributed by atoms with Gasteiger partial charge in [0.2, 0.25) is 5.91 Å². The summed E-state index contributed by atoms with van der Waals surface area (Å²) in [5.41, 5.74) is 2.62. The summed E-state index contributed by atoms with van der Waals surface area (Å²) in [6.45, 7) is 2.12. The number of morpholine rings is 1. The van der Waals surface area contributed by atoms with Crippen LogP contribution in [0.25, 0.3) is 0 Å². The molecule has 2 fully saturated rings. The third-order valence-corrected chi connectivity index (χ3v) is 5.81. The van der Waals surface area contributed by atoms with Gasteiger partial charge in [0.25, 0.3) is 0 Å². The van der Waals surface area contributed by atoms with E-state index in [0.29, 0.717) is 18.4 Å². The minimum atomic E-state index is 0.0955. The molecule has 1 aliphatic carbocycles. The zero-order valence-electron chi connectivity index (χ0n) is 15.2. The molecule has 1 heterocycles. The van der Waals surface area contributed by atoms with Gasteiger partial charge in [-0.15, -0.1) is 0 Å².